The summed E-state index contributed by atoms with van der Waals surface area (Å²) in [5.74, 6) is 0. The van der Waals surface area contributed by atoms with E-state index in [0.717, 1.165) is 0 Å². The summed E-state index contributed by atoms with van der Waals surface area (Å²) in [5, 5.41) is 0. The Hall–Kier alpha value is 2.60. The molecule has 0 fully saturated rings. The van der Waals surface area contributed by atoms with E-state index in [1.807, 2.05) is 0 Å². The molecule has 0 rings (SSSR count). The van der Waals surface area contributed by atoms with Crippen LogP contribution in [-0.4, -0.2) is 17.1 Å². The molecule has 0 aliphatic carbocycles. The molecule has 6 heteroatoms. The second kappa shape index (κ2) is 48.9. The van der Waals surface area contributed by atoms with E-state index < -0.39 is 0 Å². The second-order valence-corrected chi connectivity index (χ2v) is 0. The standard InChI is InChI=1S/Cd.4ClH.H4Se/h;4*1H;1H4/q+2;;;;;+2/p-4. The van der Waals surface area contributed by atoms with E-state index in [9.17, 15) is 0 Å². The zero-order valence-electron chi connectivity index (χ0n) is 2.93. The summed E-state index contributed by atoms with van der Waals surface area (Å²) in [4.78, 5) is 0. The molecule has 0 N–H and O–H groups in total. The van der Waals surface area contributed by atoms with Gasteiger partial charge in [0.05, 0.1) is 0 Å². The Morgan fingerprint density at radius 2 is 0.500 bits per heavy atom. The van der Waals surface area contributed by atoms with Gasteiger partial charge < -0.3 is 49.6 Å². The molecule has 0 saturated heterocycles. The fraction of sp³-hybridized carbons (Fsp3) is 0. The van der Waals surface area contributed by atoms with E-state index in [-0.39, 0.29) is 94.0 Å². The predicted octanol–water partition coefficient (Wildman–Crippen LogP) is -13.4. The van der Waals surface area contributed by atoms with E-state index in [2.05, 4.69) is 0 Å². The molecule has 0 aromatic rings. The molecule has 0 spiro atoms. The van der Waals surface area contributed by atoms with Crippen LogP contribution in [0, 0.1) is 0 Å². The Labute approximate surface area is 92.9 Å². The summed E-state index contributed by atoms with van der Waals surface area (Å²) in [7, 11) is 0. The Kier molecular flexibility index (Phi) is 599. The van der Waals surface area contributed by atoms with Gasteiger partial charge in [-0.3, -0.25) is 0 Å². The number of hydrogen-bond donors (Lipinski definition) is 0. The van der Waals surface area contributed by atoms with Crippen molar-refractivity contribution in [3.05, 3.63) is 0 Å². The molecule has 0 saturated carbocycles. The van der Waals surface area contributed by atoms with E-state index in [1.54, 1.807) is 0 Å². The molecule has 0 aliphatic heterocycles. The van der Waals surface area contributed by atoms with Crippen LogP contribution in [0.3, 0.4) is 0 Å². The van der Waals surface area contributed by atoms with Crippen LogP contribution in [0.15, 0.2) is 0 Å². The van der Waals surface area contributed by atoms with E-state index >= 15 is 0 Å². The molecule has 0 nitrogen and oxygen atoms in total. The van der Waals surface area contributed by atoms with Gasteiger partial charge in [0, 0.05) is 0 Å². The summed E-state index contributed by atoms with van der Waals surface area (Å²) in [5.41, 5.74) is 0. The third-order valence-electron chi connectivity index (χ3n) is 0. The van der Waals surface area contributed by atoms with Gasteiger partial charge >= 0.3 is 44.4 Å². The van der Waals surface area contributed by atoms with Gasteiger partial charge in [0.1, 0.15) is 0 Å². The van der Waals surface area contributed by atoms with Gasteiger partial charge in [0.25, 0.3) is 0 Å². The molecule has 0 radical (unpaired) electrons. The van der Waals surface area contributed by atoms with Gasteiger partial charge in [0.15, 0.2) is 0 Å². The average molecular weight is 337 g/mol. The van der Waals surface area contributed by atoms with Crippen molar-refractivity contribution in [2.45, 2.75) is 0 Å². The Morgan fingerprint density at radius 1 is 0.500 bits per heavy atom. The Morgan fingerprint density at radius 3 is 0.500 bits per heavy atom. The van der Waals surface area contributed by atoms with Crippen molar-refractivity contribution < 1.29 is 76.9 Å². The zero-order valence-corrected chi connectivity index (χ0v) is 13.0. The third-order valence-corrected chi connectivity index (χ3v) is 0. The molecule has 0 heterocycles. The van der Waals surface area contributed by atoms with Gasteiger partial charge in [-0.05, 0) is 0 Å². The van der Waals surface area contributed by atoms with E-state index in [1.165, 1.54) is 0 Å². The maximum atomic E-state index is 0. The summed E-state index contributed by atoms with van der Waals surface area (Å²) in [6, 6.07) is 0. The predicted molar refractivity (Wildman–Crippen MR) is 11.3 cm³/mol. The van der Waals surface area contributed by atoms with Crippen LogP contribution in [0.1, 0.15) is 0 Å². The summed E-state index contributed by atoms with van der Waals surface area (Å²) in [6.45, 7) is 0. The number of halogens is 4. The van der Waals surface area contributed by atoms with Crippen molar-refractivity contribution >= 4 is 17.1 Å². The number of hydrogen-bond acceptors (Lipinski definition) is 0. The first-order valence-electron chi connectivity index (χ1n) is 0. The SMILES string of the molecule is [Cd+2].[Cl-].[Cl-].[Cl-].[Cl-].[SeH4+2]. The molecule has 0 aliphatic rings. The summed E-state index contributed by atoms with van der Waals surface area (Å²) < 4.78 is 0. The minimum atomic E-state index is 0. The Balaban J connectivity index is 0. The molecule has 0 unspecified atom stereocenters. The average Bonchev–Trinajstić information content (AvgIpc) is 0. The molecule has 0 aromatic carbocycles. The van der Waals surface area contributed by atoms with Crippen LogP contribution in [0.5, 0.6) is 0 Å². The van der Waals surface area contributed by atoms with Crippen molar-refractivity contribution in [2.75, 3.05) is 0 Å². The van der Waals surface area contributed by atoms with E-state index in [4.69, 9.17) is 0 Å². The van der Waals surface area contributed by atoms with Crippen molar-refractivity contribution in [1.82, 2.24) is 0 Å². The van der Waals surface area contributed by atoms with Crippen molar-refractivity contribution in [3.63, 3.8) is 0 Å². The van der Waals surface area contributed by atoms with Gasteiger partial charge in [-0.15, -0.1) is 0 Å². The fourth-order valence-electron chi connectivity index (χ4n) is 0. The first-order valence-corrected chi connectivity index (χ1v) is 0. The van der Waals surface area contributed by atoms with Crippen molar-refractivity contribution in [3.8, 4) is 0 Å². The Bertz CT molecular complexity index is 7.51. The van der Waals surface area contributed by atoms with Crippen LogP contribution in [0.4, 0.5) is 0 Å². The molecule has 6 heavy (non-hydrogen) atoms. The van der Waals surface area contributed by atoms with Crippen molar-refractivity contribution in [1.29, 1.82) is 0 Å². The van der Waals surface area contributed by atoms with Crippen LogP contribution >= 0.6 is 0 Å². The van der Waals surface area contributed by atoms with Gasteiger partial charge in [0.2, 0.25) is 0 Å². The molecule has 40 valence electrons. The molecule has 0 atom stereocenters. The van der Waals surface area contributed by atoms with Gasteiger partial charge in [-0.2, -0.15) is 0 Å². The summed E-state index contributed by atoms with van der Waals surface area (Å²) in [6.07, 6.45) is 0. The summed E-state index contributed by atoms with van der Waals surface area (Å²) >= 11 is 0. The van der Waals surface area contributed by atoms with E-state index in [0.29, 0.717) is 0 Å². The zero-order chi connectivity index (χ0) is 0. The maximum absolute atomic E-state index is 0. The molecule has 0 bridgehead atoms. The normalized spacial score (nSPS) is 0. The first kappa shape index (κ1) is 73.4. The van der Waals surface area contributed by atoms with Crippen molar-refractivity contribution in [2.24, 2.45) is 0 Å². The molecular weight excluding hydrogens is 333 g/mol. The van der Waals surface area contributed by atoms with Gasteiger partial charge in [-0.1, -0.05) is 0 Å². The van der Waals surface area contributed by atoms with Crippen LogP contribution in [0.25, 0.3) is 0 Å². The quantitative estimate of drug-likeness (QED) is 0.385. The molecular formula is H4CdCl4Se. The first-order chi connectivity index (χ1) is 0. The van der Waals surface area contributed by atoms with Crippen LogP contribution in [0.2, 0.25) is 0 Å². The molecule has 0 aromatic heterocycles. The fourth-order valence-corrected chi connectivity index (χ4v) is 0. The number of rotatable bonds is 0. The van der Waals surface area contributed by atoms with Crippen LogP contribution < -0.4 is 49.6 Å². The topological polar surface area (TPSA) is 0 Å². The third kappa shape index (κ3) is 30.6. The minimum absolute atomic E-state index is 0. The monoisotopic (exact) mass is 338 g/mol. The second-order valence-electron chi connectivity index (χ2n) is 0. The molecule has 0 amide bonds. The van der Waals surface area contributed by atoms with Crippen LogP contribution in [-0.2, 0) is 27.3 Å². The van der Waals surface area contributed by atoms with Gasteiger partial charge in [-0.25, -0.2) is 0 Å².